The van der Waals surface area contributed by atoms with Gasteiger partial charge in [-0.25, -0.2) is 4.68 Å². The van der Waals surface area contributed by atoms with E-state index in [1.165, 1.54) is 0 Å². The maximum absolute atomic E-state index is 5.84. The largest absolute Gasteiger partial charge is 0.437 e. The van der Waals surface area contributed by atoms with Crippen molar-refractivity contribution in [2.45, 2.75) is 6.92 Å². The number of nitrogen functional groups attached to an aromatic ring is 1. The minimum atomic E-state index is 0.591. The summed E-state index contributed by atoms with van der Waals surface area (Å²) in [4.78, 5) is 0. The van der Waals surface area contributed by atoms with Gasteiger partial charge in [0.2, 0.25) is 5.88 Å². The minimum Gasteiger partial charge on any atom is -0.437 e. The number of nitrogens with two attached hydrogens (primary N) is 1. The van der Waals surface area contributed by atoms with Crippen molar-refractivity contribution in [3.63, 3.8) is 0 Å². The molecule has 2 N–H and O–H groups in total. The van der Waals surface area contributed by atoms with Crippen molar-refractivity contribution >= 4 is 21.6 Å². The zero-order valence-electron chi connectivity index (χ0n) is 9.07. The fourth-order valence-electron chi connectivity index (χ4n) is 1.41. The van der Waals surface area contributed by atoms with Gasteiger partial charge in [0.1, 0.15) is 0 Å². The lowest BCUT2D eigenvalue weighted by atomic mass is 10.3. The van der Waals surface area contributed by atoms with Crippen LogP contribution in [0.5, 0.6) is 11.6 Å². The van der Waals surface area contributed by atoms with Crippen LogP contribution in [0.15, 0.2) is 28.7 Å². The molecular weight excluding hydrogens is 270 g/mol. The minimum absolute atomic E-state index is 0.591. The first kappa shape index (κ1) is 11.0. The lowest BCUT2D eigenvalue weighted by Crippen LogP contribution is -1.97. The summed E-state index contributed by atoms with van der Waals surface area (Å²) in [5.74, 6) is 1.30. The molecule has 0 atom stereocenters. The Labute approximate surface area is 102 Å². The number of aryl methyl sites for hydroxylation is 2. The Morgan fingerprint density at radius 3 is 2.69 bits per heavy atom. The first-order valence-corrected chi connectivity index (χ1v) is 5.59. The lowest BCUT2D eigenvalue weighted by molar-refractivity contribution is 0.432. The van der Waals surface area contributed by atoms with Gasteiger partial charge >= 0.3 is 0 Å². The van der Waals surface area contributed by atoms with Crippen LogP contribution < -0.4 is 10.5 Å². The third-order valence-electron chi connectivity index (χ3n) is 2.15. The summed E-state index contributed by atoms with van der Waals surface area (Å²) in [6, 6.07) is 7.37. The molecule has 1 heterocycles. The zero-order chi connectivity index (χ0) is 11.7. The third kappa shape index (κ3) is 2.19. The fraction of sp³-hybridized carbons (Fsp3) is 0.182. The lowest BCUT2D eigenvalue weighted by Gasteiger charge is -2.08. The number of aromatic nitrogens is 2. The first-order chi connectivity index (χ1) is 7.56. The molecule has 0 aliphatic heterocycles. The van der Waals surface area contributed by atoms with Crippen LogP contribution in [0.4, 0.5) is 5.69 Å². The van der Waals surface area contributed by atoms with Gasteiger partial charge in [-0.15, -0.1) is 0 Å². The Morgan fingerprint density at radius 2 is 2.12 bits per heavy atom. The van der Waals surface area contributed by atoms with Crippen LogP contribution in [0.1, 0.15) is 5.69 Å². The fourth-order valence-corrected chi connectivity index (χ4v) is 1.79. The average Bonchev–Trinajstić information content (AvgIpc) is 2.50. The normalized spacial score (nSPS) is 10.4. The highest BCUT2D eigenvalue weighted by Gasteiger charge is 2.07. The van der Waals surface area contributed by atoms with Crippen LogP contribution in [0.3, 0.4) is 0 Å². The highest BCUT2D eigenvalue weighted by Crippen LogP contribution is 2.29. The second-order valence-corrected chi connectivity index (χ2v) is 4.45. The molecule has 2 rings (SSSR count). The highest BCUT2D eigenvalue weighted by atomic mass is 79.9. The summed E-state index contributed by atoms with van der Waals surface area (Å²) in [7, 11) is 1.83. The number of hydrogen-bond donors (Lipinski definition) is 1. The molecule has 0 aliphatic carbocycles. The quantitative estimate of drug-likeness (QED) is 0.862. The second kappa shape index (κ2) is 4.17. The monoisotopic (exact) mass is 281 g/mol. The smallest absolute Gasteiger partial charge is 0.217 e. The van der Waals surface area contributed by atoms with E-state index in [9.17, 15) is 0 Å². The van der Waals surface area contributed by atoms with E-state index >= 15 is 0 Å². The molecule has 0 saturated heterocycles. The summed E-state index contributed by atoms with van der Waals surface area (Å²) in [5, 5.41) is 4.20. The maximum Gasteiger partial charge on any atom is 0.217 e. The van der Waals surface area contributed by atoms with E-state index in [0.29, 0.717) is 17.3 Å². The zero-order valence-corrected chi connectivity index (χ0v) is 10.7. The second-order valence-electron chi connectivity index (χ2n) is 3.53. The van der Waals surface area contributed by atoms with Gasteiger partial charge in [-0.3, -0.25) is 0 Å². The predicted molar refractivity (Wildman–Crippen MR) is 66.6 cm³/mol. The summed E-state index contributed by atoms with van der Waals surface area (Å²) >= 11 is 3.35. The molecular formula is C11H12BrN3O. The van der Waals surface area contributed by atoms with Gasteiger partial charge in [-0.05, 0) is 25.1 Å². The van der Waals surface area contributed by atoms with Crippen molar-refractivity contribution in [3.05, 3.63) is 34.4 Å². The predicted octanol–water partition coefficient (Wildman–Crippen LogP) is 2.87. The Kier molecular flexibility index (Phi) is 2.87. The van der Waals surface area contributed by atoms with Crippen molar-refractivity contribution in [3.8, 4) is 11.6 Å². The summed E-state index contributed by atoms with van der Waals surface area (Å²) in [6.45, 7) is 1.91. The van der Waals surface area contributed by atoms with E-state index in [2.05, 4.69) is 21.0 Å². The molecule has 0 saturated carbocycles. The van der Waals surface area contributed by atoms with Gasteiger partial charge in [-0.1, -0.05) is 15.9 Å². The van der Waals surface area contributed by atoms with Crippen molar-refractivity contribution in [1.82, 2.24) is 9.78 Å². The average molecular weight is 282 g/mol. The van der Waals surface area contributed by atoms with E-state index in [1.54, 1.807) is 10.7 Å². The Hall–Kier alpha value is -1.49. The molecule has 16 heavy (non-hydrogen) atoms. The Balaban J connectivity index is 2.30. The number of anilines is 1. The third-order valence-corrected chi connectivity index (χ3v) is 2.64. The molecule has 1 aromatic carbocycles. The molecule has 4 nitrogen and oxygen atoms in total. The van der Waals surface area contributed by atoms with Crippen LogP contribution >= 0.6 is 15.9 Å². The van der Waals surface area contributed by atoms with Crippen LogP contribution in [0, 0.1) is 6.92 Å². The number of ether oxygens (including phenoxy) is 1. The van der Waals surface area contributed by atoms with Crippen LogP contribution in [-0.4, -0.2) is 9.78 Å². The van der Waals surface area contributed by atoms with Crippen molar-refractivity contribution in [1.29, 1.82) is 0 Å². The van der Waals surface area contributed by atoms with E-state index in [0.717, 1.165) is 10.2 Å². The van der Waals surface area contributed by atoms with Crippen LogP contribution in [-0.2, 0) is 7.05 Å². The van der Waals surface area contributed by atoms with Gasteiger partial charge in [0.15, 0.2) is 5.75 Å². The molecule has 1 aromatic heterocycles. The Morgan fingerprint density at radius 1 is 1.38 bits per heavy atom. The summed E-state index contributed by atoms with van der Waals surface area (Å²) < 4.78 is 8.28. The summed E-state index contributed by atoms with van der Waals surface area (Å²) in [6.07, 6.45) is 0. The van der Waals surface area contributed by atoms with Gasteiger partial charge in [0, 0.05) is 17.6 Å². The Bertz CT molecular complexity index is 522. The van der Waals surface area contributed by atoms with Gasteiger partial charge in [0.25, 0.3) is 0 Å². The highest BCUT2D eigenvalue weighted by molar-refractivity contribution is 9.10. The summed E-state index contributed by atoms with van der Waals surface area (Å²) in [5.41, 5.74) is 7.34. The van der Waals surface area contributed by atoms with E-state index in [4.69, 9.17) is 10.5 Å². The molecule has 0 radical (unpaired) electrons. The molecule has 0 fully saturated rings. The topological polar surface area (TPSA) is 53.1 Å². The number of nitrogens with zero attached hydrogens (tertiary/aromatic N) is 2. The number of hydrogen-bond acceptors (Lipinski definition) is 3. The van der Waals surface area contributed by atoms with Crippen LogP contribution in [0.25, 0.3) is 0 Å². The molecule has 0 spiro atoms. The van der Waals surface area contributed by atoms with Crippen LogP contribution in [0.2, 0.25) is 0 Å². The van der Waals surface area contributed by atoms with Crippen molar-refractivity contribution in [2.75, 3.05) is 5.73 Å². The maximum atomic E-state index is 5.84. The van der Waals surface area contributed by atoms with E-state index in [1.807, 2.05) is 32.2 Å². The van der Waals surface area contributed by atoms with Crippen molar-refractivity contribution < 1.29 is 4.74 Å². The van der Waals surface area contributed by atoms with Gasteiger partial charge in [-0.2, -0.15) is 5.10 Å². The molecule has 5 heteroatoms. The standard InChI is InChI=1S/C11H12BrN3O/c1-7-5-11(15(2)14-7)16-10-4-3-8(12)6-9(10)13/h3-6H,13H2,1-2H3. The molecule has 2 aromatic rings. The molecule has 0 unspecified atom stereocenters. The SMILES string of the molecule is Cc1cc(Oc2ccc(Br)cc2N)n(C)n1. The van der Waals surface area contributed by atoms with Gasteiger partial charge < -0.3 is 10.5 Å². The van der Waals surface area contributed by atoms with E-state index < -0.39 is 0 Å². The number of rotatable bonds is 2. The molecule has 0 amide bonds. The number of halogens is 1. The number of benzene rings is 1. The molecule has 0 aliphatic rings. The van der Waals surface area contributed by atoms with E-state index in [-0.39, 0.29) is 0 Å². The molecule has 0 bridgehead atoms. The van der Waals surface area contributed by atoms with Gasteiger partial charge in [0.05, 0.1) is 11.4 Å². The van der Waals surface area contributed by atoms with Crippen molar-refractivity contribution in [2.24, 2.45) is 7.05 Å². The molecule has 84 valence electrons. The first-order valence-electron chi connectivity index (χ1n) is 4.80.